The molecule has 0 heterocycles. The predicted molar refractivity (Wildman–Crippen MR) is 94.6 cm³/mol. The molecule has 2 rings (SSSR count). The molecular formula is C18H20ClNO4. The number of methoxy groups -OCH3 is 1. The number of carboxylic acids is 1. The molecule has 128 valence electrons. The number of ether oxygens (including phenoxy) is 2. The molecule has 24 heavy (non-hydrogen) atoms. The Morgan fingerprint density at radius 3 is 2.71 bits per heavy atom. The molecular weight excluding hydrogens is 330 g/mol. The van der Waals surface area contributed by atoms with Gasteiger partial charge in [0.25, 0.3) is 0 Å². The molecule has 0 aliphatic rings. The largest absolute Gasteiger partial charge is 0.493 e. The number of aromatic carboxylic acids is 1. The van der Waals surface area contributed by atoms with E-state index in [2.05, 4.69) is 5.32 Å². The van der Waals surface area contributed by atoms with E-state index in [1.165, 1.54) is 0 Å². The van der Waals surface area contributed by atoms with Gasteiger partial charge >= 0.3 is 5.97 Å². The Labute approximate surface area is 146 Å². The number of carboxylic acid groups (broad SMARTS) is 1. The summed E-state index contributed by atoms with van der Waals surface area (Å²) in [6, 6.07) is 8.79. The highest BCUT2D eigenvalue weighted by molar-refractivity contribution is 6.32. The summed E-state index contributed by atoms with van der Waals surface area (Å²) in [5.74, 6) is 0.147. The molecule has 0 aliphatic carbocycles. The summed E-state index contributed by atoms with van der Waals surface area (Å²) in [7, 11) is 1.56. The standard InChI is InChI=1S/C18H20ClNO4/c1-4-24-17-14(19)8-12(9-16(17)23-3)10-20-15-7-5-6-13(11(15)2)18(21)22/h5-9,20H,4,10H2,1-3H3,(H,21,22). The number of hydrogen-bond acceptors (Lipinski definition) is 4. The summed E-state index contributed by atoms with van der Waals surface area (Å²) < 4.78 is 10.8. The van der Waals surface area contributed by atoms with Crippen LogP contribution in [-0.4, -0.2) is 24.8 Å². The van der Waals surface area contributed by atoms with Gasteiger partial charge in [0.2, 0.25) is 0 Å². The molecule has 2 N–H and O–H groups in total. The minimum Gasteiger partial charge on any atom is -0.493 e. The van der Waals surface area contributed by atoms with Crippen molar-refractivity contribution in [2.75, 3.05) is 19.0 Å². The normalized spacial score (nSPS) is 10.3. The lowest BCUT2D eigenvalue weighted by Gasteiger charge is -2.15. The average molecular weight is 350 g/mol. The van der Waals surface area contributed by atoms with Gasteiger partial charge in [-0.25, -0.2) is 4.79 Å². The van der Waals surface area contributed by atoms with Gasteiger partial charge in [0.1, 0.15) is 0 Å². The Hall–Kier alpha value is -2.40. The van der Waals surface area contributed by atoms with Crippen LogP contribution in [0.5, 0.6) is 11.5 Å². The van der Waals surface area contributed by atoms with E-state index in [0.717, 1.165) is 11.3 Å². The summed E-state index contributed by atoms with van der Waals surface area (Å²) >= 11 is 6.26. The van der Waals surface area contributed by atoms with Crippen molar-refractivity contribution in [1.29, 1.82) is 0 Å². The molecule has 0 bridgehead atoms. The first-order valence-electron chi connectivity index (χ1n) is 7.53. The molecule has 0 atom stereocenters. The highest BCUT2D eigenvalue weighted by Crippen LogP contribution is 2.36. The summed E-state index contributed by atoms with van der Waals surface area (Å²) in [5, 5.41) is 12.9. The van der Waals surface area contributed by atoms with Crippen molar-refractivity contribution in [3.05, 3.63) is 52.0 Å². The summed E-state index contributed by atoms with van der Waals surface area (Å²) in [6.07, 6.45) is 0. The molecule has 0 saturated carbocycles. The lowest BCUT2D eigenvalue weighted by Crippen LogP contribution is -2.06. The van der Waals surface area contributed by atoms with Crippen LogP contribution in [0, 0.1) is 6.92 Å². The van der Waals surface area contributed by atoms with Gasteiger partial charge < -0.3 is 19.9 Å². The van der Waals surface area contributed by atoms with Crippen LogP contribution in [0.25, 0.3) is 0 Å². The number of carbonyl (C=O) groups is 1. The Kier molecular flexibility index (Phi) is 5.93. The first-order valence-corrected chi connectivity index (χ1v) is 7.91. The van der Waals surface area contributed by atoms with E-state index >= 15 is 0 Å². The minimum absolute atomic E-state index is 0.280. The van der Waals surface area contributed by atoms with Crippen molar-refractivity contribution in [3.8, 4) is 11.5 Å². The average Bonchev–Trinajstić information content (AvgIpc) is 2.55. The van der Waals surface area contributed by atoms with Crippen molar-refractivity contribution in [2.24, 2.45) is 0 Å². The maximum absolute atomic E-state index is 11.2. The van der Waals surface area contributed by atoms with Gasteiger partial charge in [0.05, 0.1) is 24.3 Å². The molecule has 0 saturated heterocycles. The minimum atomic E-state index is -0.943. The zero-order chi connectivity index (χ0) is 17.7. The van der Waals surface area contributed by atoms with E-state index in [9.17, 15) is 9.90 Å². The van der Waals surface area contributed by atoms with Gasteiger partial charge in [-0.3, -0.25) is 0 Å². The maximum Gasteiger partial charge on any atom is 0.336 e. The molecule has 6 heteroatoms. The van der Waals surface area contributed by atoms with Crippen LogP contribution < -0.4 is 14.8 Å². The van der Waals surface area contributed by atoms with Crippen LogP contribution >= 0.6 is 11.6 Å². The van der Waals surface area contributed by atoms with E-state index in [0.29, 0.717) is 35.2 Å². The summed E-state index contributed by atoms with van der Waals surface area (Å²) in [5.41, 5.74) is 2.63. The maximum atomic E-state index is 11.2. The van der Waals surface area contributed by atoms with Crippen LogP contribution in [0.1, 0.15) is 28.4 Å². The zero-order valence-corrected chi connectivity index (χ0v) is 14.6. The summed E-state index contributed by atoms with van der Waals surface area (Å²) in [6.45, 7) is 4.63. The quantitative estimate of drug-likeness (QED) is 0.777. The van der Waals surface area contributed by atoms with Crippen molar-refractivity contribution in [1.82, 2.24) is 0 Å². The lowest BCUT2D eigenvalue weighted by molar-refractivity contribution is 0.0696. The van der Waals surface area contributed by atoms with Crippen LogP contribution in [0.2, 0.25) is 5.02 Å². The molecule has 2 aromatic rings. The van der Waals surface area contributed by atoms with Crippen LogP contribution in [0.4, 0.5) is 5.69 Å². The molecule has 0 amide bonds. The fraction of sp³-hybridized carbons (Fsp3) is 0.278. The fourth-order valence-corrected chi connectivity index (χ4v) is 2.70. The van der Waals surface area contributed by atoms with Crippen molar-refractivity contribution >= 4 is 23.3 Å². The number of hydrogen-bond donors (Lipinski definition) is 2. The van der Waals surface area contributed by atoms with Crippen LogP contribution in [-0.2, 0) is 6.54 Å². The number of benzene rings is 2. The third-order valence-electron chi connectivity index (χ3n) is 3.63. The zero-order valence-electron chi connectivity index (χ0n) is 13.9. The Balaban J connectivity index is 2.22. The molecule has 0 aliphatic heterocycles. The summed E-state index contributed by atoms with van der Waals surface area (Å²) in [4.78, 5) is 11.2. The van der Waals surface area contributed by atoms with Gasteiger partial charge in [-0.05, 0) is 49.2 Å². The number of halogens is 1. The second-order valence-electron chi connectivity index (χ2n) is 5.18. The van der Waals surface area contributed by atoms with Crippen LogP contribution in [0.15, 0.2) is 30.3 Å². The highest BCUT2D eigenvalue weighted by Gasteiger charge is 2.13. The number of rotatable bonds is 7. The third-order valence-corrected chi connectivity index (χ3v) is 3.91. The Bertz CT molecular complexity index is 746. The molecule has 0 spiro atoms. The van der Waals surface area contributed by atoms with Gasteiger partial charge in [0, 0.05) is 12.2 Å². The van der Waals surface area contributed by atoms with E-state index in [-0.39, 0.29) is 5.56 Å². The van der Waals surface area contributed by atoms with Gasteiger partial charge in [-0.2, -0.15) is 0 Å². The molecule has 5 nitrogen and oxygen atoms in total. The predicted octanol–water partition coefficient (Wildman–Crippen LogP) is 4.37. The highest BCUT2D eigenvalue weighted by atomic mass is 35.5. The van der Waals surface area contributed by atoms with Crippen LogP contribution in [0.3, 0.4) is 0 Å². The molecule has 0 radical (unpaired) electrons. The topological polar surface area (TPSA) is 67.8 Å². The lowest BCUT2D eigenvalue weighted by atomic mass is 10.1. The van der Waals surface area contributed by atoms with Gasteiger partial charge in [-0.15, -0.1) is 0 Å². The molecule has 0 aromatic heterocycles. The van der Waals surface area contributed by atoms with Gasteiger partial charge in [0.15, 0.2) is 11.5 Å². The van der Waals surface area contributed by atoms with E-state index in [4.69, 9.17) is 21.1 Å². The third kappa shape index (κ3) is 3.92. The second kappa shape index (κ2) is 7.93. The second-order valence-corrected chi connectivity index (χ2v) is 5.59. The van der Waals surface area contributed by atoms with Crippen molar-refractivity contribution < 1.29 is 19.4 Å². The molecule has 0 fully saturated rings. The monoisotopic (exact) mass is 349 g/mol. The number of anilines is 1. The smallest absolute Gasteiger partial charge is 0.336 e. The molecule has 0 unspecified atom stereocenters. The SMILES string of the molecule is CCOc1c(Cl)cc(CNc2cccc(C(=O)O)c2C)cc1OC. The number of nitrogens with one attached hydrogen (secondary N) is 1. The van der Waals surface area contributed by atoms with E-state index in [1.807, 2.05) is 19.1 Å². The molecule has 2 aromatic carbocycles. The van der Waals surface area contributed by atoms with Gasteiger partial charge in [-0.1, -0.05) is 17.7 Å². The Morgan fingerprint density at radius 1 is 1.33 bits per heavy atom. The fourth-order valence-electron chi connectivity index (χ4n) is 2.42. The first kappa shape index (κ1) is 17.9. The Morgan fingerprint density at radius 2 is 2.08 bits per heavy atom. The van der Waals surface area contributed by atoms with E-state index in [1.54, 1.807) is 32.2 Å². The van der Waals surface area contributed by atoms with Crippen molar-refractivity contribution in [2.45, 2.75) is 20.4 Å². The van der Waals surface area contributed by atoms with Crippen molar-refractivity contribution in [3.63, 3.8) is 0 Å². The first-order chi connectivity index (χ1) is 11.5. The van der Waals surface area contributed by atoms with E-state index < -0.39 is 5.97 Å².